The standard InChI is InChI=1S/C14H12BrFN2O/c15-11-2-1-3-12(16)13(11)18-8-9-4-6-10(7-5-9)14(17)19/h1-7,18H,8H2,(H2,17,19). The number of anilines is 1. The van der Waals surface area contributed by atoms with Gasteiger partial charge in [0, 0.05) is 16.6 Å². The summed E-state index contributed by atoms with van der Waals surface area (Å²) in [5.74, 6) is -0.778. The van der Waals surface area contributed by atoms with E-state index in [1.165, 1.54) is 6.07 Å². The fourth-order valence-corrected chi connectivity index (χ4v) is 2.13. The molecule has 0 atom stereocenters. The van der Waals surface area contributed by atoms with Crippen LogP contribution < -0.4 is 11.1 Å². The molecule has 0 saturated carbocycles. The molecule has 5 heteroatoms. The summed E-state index contributed by atoms with van der Waals surface area (Å²) in [5.41, 5.74) is 6.96. The number of nitrogens with two attached hydrogens (primary N) is 1. The number of primary amides is 1. The maximum Gasteiger partial charge on any atom is 0.248 e. The minimum absolute atomic E-state index is 0.317. The Bertz CT molecular complexity index is 579. The van der Waals surface area contributed by atoms with Gasteiger partial charge in [0.15, 0.2) is 0 Å². The fraction of sp³-hybridized carbons (Fsp3) is 0.0714. The van der Waals surface area contributed by atoms with Gasteiger partial charge in [-0.25, -0.2) is 4.39 Å². The van der Waals surface area contributed by atoms with E-state index in [4.69, 9.17) is 5.73 Å². The van der Waals surface area contributed by atoms with Crippen LogP contribution in [0, 0.1) is 5.82 Å². The molecule has 0 spiro atoms. The largest absolute Gasteiger partial charge is 0.378 e. The first-order valence-corrected chi connectivity index (χ1v) is 6.44. The molecule has 0 radical (unpaired) electrons. The molecule has 0 bridgehead atoms. The van der Waals surface area contributed by atoms with E-state index in [2.05, 4.69) is 21.2 Å². The highest BCUT2D eigenvalue weighted by atomic mass is 79.9. The summed E-state index contributed by atoms with van der Waals surface area (Å²) >= 11 is 3.29. The number of rotatable bonds is 4. The van der Waals surface area contributed by atoms with Crippen molar-refractivity contribution < 1.29 is 9.18 Å². The van der Waals surface area contributed by atoms with E-state index in [1.54, 1.807) is 36.4 Å². The minimum Gasteiger partial charge on any atom is -0.378 e. The molecule has 3 nitrogen and oxygen atoms in total. The average Bonchev–Trinajstić information content (AvgIpc) is 2.38. The van der Waals surface area contributed by atoms with Crippen LogP contribution in [0.5, 0.6) is 0 Å². The van der Waals surface area contributed by atoms with Crippen LogP contribution in [0.25, 0.3) is 0 Å². The number of carbonyl (C=O) groups is 1. The molecule has 0 aliphatic rings. The smallest absolute Gasteiger partial charge is 0.248 e. The minimum atomic E-state index is -0.462. The topological polar surface area (TPSA) is 55.1 Å². The van der Waals surface area contributed by atoms with E-state index in [0.29, 0.717) is 22.3 Å². The molecule has 0 saturated heterocycles. The summed E-state index contributed by atoms with van der Waals surface area (Å²) in [7, 11) is 0. The highest BCUT2D eigenvalue weighted by Gasteiger charge is 2.06. The molecule has 0 aromatic heterocycles. The second kappa shape index (κ2) is 5.84. The van der Waals surface area contributed by atoms with Crippen LogP contribution in [-0.2, 0) is 6.54 Å². The van der Waals surface area contributed by atoms with Gasteiger partial charge in [-0.2, -0.15) is 0 Å². The van der Waals surface area contributed by atoms with Crippen molar-refractivity contribution in [3.8, 4) is 0 Å². The quantitative estimate of drug-likeness (QED) is 0.907. The normalized spacial score (nSPS) is 10.2. The molecule has 0 fully saturated rings. The second-order valence-corrected chi connectivity index (χ2v) is 4.87. The molecule has 3 N–H and O–H groups in total. The zero-order chi connectivity index (χ0) is 13.8. The molecule has 2 aromatic rings. The predicted molar refractivity (Wildman–Crippen MR) is 76.4 cm³/mol. The number of hydrogen-bond donors (Lipinski definition) is 2. The molecule has 98 valence electrons. The van der Waals surface area contributed by atoms with Crippen molar-refractivity contribution in [3.63, 3.8) is 0 Å². The molecular formula is C14H12BrFN2O. The van der Waals surface area contributed by atoms with Crippen LogP contribution in [0.4, 0.5) is 10.1 Å². The van der Waals surface area contributed by atoms with Crippen LogP contribution in [-0.4, -0.2) is 5.91 Å². The summed E-state index contributed by atoms with van der Waals surface area (Å²) in [6.45, 7) is 0.457. The highest BCUT2D eigenvalue weighted by Crippen LogP contribution is 2.25. The highest BCUT2D eigenvalue weighted by molar-refractivity contribution is 9.10. The van der Waals surface area contributed by atoms with Crippen LogP contribution in [0.1, 0.15) is 15.9 Å². The van der Waals surface area contributed by atoms with E-state index in [0.717, 1.165) is 5.56 Å². The zero-order valence-electron chi connectivity index (χ0n) is 9.99. The molecular weight excluding hydrogens is 311 g/mol. The Morgan fingerprint density at radius 1 is 1.21 bits per heavy atom. The number of carbonyl (C=O) groups excluding carboxylic acids is 1. The van der Waals surface area contributed by atoms with Crippen LogP contribution in [0.2, 0.25) is 0 Å². The number of benzene rings is 2. The Morgan fingerprint density at radius 3 is 2.47 bits per heavy atom. The molecule has 0 aliphatic heterocycles. The van der Waals surface area contributed by atoms with E-state index in [9.17, 15) is 9.18 Å². The van der Waals surface area contributed by atoms with Gasteiger partial charge in [-0.05, 0) is 45.8 Å². The summed E-state index contributed by atoms with van der Waals surface area (Å²) in [4.78, 5) is 10.9. The third kappa shape index (κ3) is 3.32. The van der Waals surface area contributed by atoms with E-state index >= 15 is 0 Å². The number of halogens is 2. The molecule has 0 unspecified atom stereocenters. The van der Waals surface area contributed by atoms with Crippen molar-refractivity contribution in [2.24, 2.45) is 5.73 Å². The zero-order valence-corrected chi connectivity index (χ0v) is 11.6. The summed E-state index contributed by atoms with van der Waals surface area (Å²) < 4.78 is 14.2. The monoisotopic (exact) mass is 322 g/mol. The molecule has 19 heavy (non-hydrogen) atoms. The maximum absolute atomic E-state index is 13.6. The van der Waals surface area contributed by atoms with Crippen molar-refractivity contribution in [2.45, 2.75) is 6.54 Å². The number of para-hydroxylation sites is 1. The molecule has 0 heterocycles. The average molecular weight is 323 g/mol. The first-order chi connectivity index (χ1) is 9.08. The lowest BCUT2D eigenvalue weighted by atomic mass is 10.1. The Kier molecular flexibility index (Phi) is 4.16. The third-order valence-electron chi connectivity index (χ3n) is 2.67. The lowest BCUT2D eigenvalue weighted by Gasteiger charge is -2.09. The van der Waals surface area contributed by atoms with Gasteiger partial charge < -0.3 is 11.1 Å². The van der Waals surface area contributed by atoms with Crippen molar-refractivity contribution in [3.05, 3.63) is 63.9 Å². The van der Waals surface area contributed by atoms with Crippen LogP contribution >= 0.6 is 15.9 Å². The van der Waals surface area contributed by atoms with Crippen molar-refractivity contribution >= 4 is 27.5 Å². The first-order valence-electron chi connectivity index (χ1n) is 5.64. The summed E-state index contributed by atoms with van der Waals surface area (Å²) in [6.07, 6.45) is 0. The Labute approximate surface area is 118 Å². The van der Waals surface area contributed by atoms with Gasteiger partial charge in [0.05, 0.1) is 5.69 Å². The Morgan fingerprint density at radius 2 is 1.89 bits per heavy atom. The lowest BCUT2D eigenvalue weighted by Crippen LogP contribution is -2.11. The summed E-state index contributed by atoms with van der Waals surface area (Å²) in [5, 5.41) is 3.01. The van der Waals surface area contributed by atoms with Gasteiger partial charge in [-0.1, -0.05) is 18.2 Å². The fourth-order valence-electron chi connectivity index (χ4n) is 1.64. The Balaban J connectivity index is 2.08. The van der Waals surface area contributed by atoms with Gasteiger partial charge in [0.25, 0.3) is 0 Å². The first kappa shape index (κ1) is 13.5. The van der Waals surface area contributed by atoms with Gasteiger partial charge in [0.2, 0.25) is 5.91 Å². The van der Waals surface area contributed by atoms with Crippen molar-refractivity contribution in [2.75, 3.05) is 5.32 Å². The molecule has 1 amide bonds. The number of amides is 1. The number of nitrogens with one attached hydrogen (secondary N) is 1. The molecule has 0 aliphatic carbocycles. The van der Waals surface area contributed by atoms with Crippen LogP contribution in [0.15, 0.2) is 46.9 Å². The molecule has 2 aromatic carbocycles. The van der Waals surface area contributed by atoms with Crippen LogP contribution in [0.3, 0.4) is 0 Å². The van der Waals surface area contributed by atoms with Crippen molar-refractivity contribution in [1.82, 2.24) is 0 Å². The lowest BCUT2D eigenvalue weighted by molar-refractivity contribution is 0.100. The summed E-state index contributed by atoms with van der Waals surface area (Å²) in [6, 6.07) is 11.6. The van der Waals surface area contributed by atoms with E-state index in [1.807, 2.05) is 0 Å². The maximum atomic E-state index is 13.6. The third-order valence-corrected chi connectivity index (χ3v) is 3.33. The van der Waals surface area contributed by atoms with Crippen molar-refractivity contribution in [1.29, 1.82) is 0 Å². The predicted octanol–water partition coefficient (Wildman–Crippen LogP) is 3.30. The SMILES string of the molecule is NC(=O)c1ccc(CNc2c(F)cccc2Br)cc1. The Hall–Kier alpha value is -1.88. The van der Waals surface area contributed by atoms with E-state index < -0.39 is 5.91 Å². The molecule has 2 rings (SSSR count). The van der Waals surface area contributed by atoms with Gasteiger partial charge in [0.1, 0.15) is 5.82 Å². The number of hydrogen-bond acceptors (Lipinski definition) is 2. The van der Waals surface area contributed by atoms with E-state index in [-0.39, 0.29) is 5.82 Å². The van der Waals surface area contributed by atoms with Gasteiger partial charge in [-0.3, -0.25) is 4.79 Å². The van der Waals surface area contributed by atoms with Gasteiger partial charge in [-0.15, -0.1) is 0 Å². The van der Waals surface area contributed by atoms with Gasteiger partial charge >= 0.3 is 0 Å². The second-order valence-electron chi connectivity index (χ2n) is 4.01.